The highest BCUT2D eigenvalue weighted by atomic mass is 16.6. The monoisotopic (exact) mass is 480 g/mol. The number of nitro benzene ring substituents is 1. The number of rotatable bonds is 8. The van der Waals surface area contributed by atoms with Crippen LogP contribution in [0, 0.1) is 10.1 Å². The van der Waals surface area contributed by atoms with Crippen molar-refractivity contribution in [1.82, 2.24) is 5.32 Å². The van der Waals surface area contributed by atoms with Gasteiger partial charge in [-0.1, -0.05) is 36.8 Å². The van der Waals surface area contributed by atoms with Crippen LogP contribution in [0.15, 0.2) is 71.1 Å². The van der Waals surface area contributed by atoms with Crippen molar-refractivity contribution in [3.63, 3.8) is 0 Å². The number of non-ortho nitro benzene ring substituents is 1. The molecule has 0 saturated heterocycles. The standard InChI is InChI=1S/C27H32N2O6/c1-4-5-6-10-16-34-26(30)23-18(2)28-19(3)24(27(31)35-22-14-8-7-9-15-22)25(23)20-12-11-13-21(17-20)29(32)33/h4-6,10-13,17,22,25,28H,7-9,14-16H2,1-3H3/b5-4+,10-6+. The van der Waals surface area contributed by atoms with Gasteiger partial charge in [-0.2, -0.15) is 0 Å². The molecule has 0 bridgehead atoms. The minimum absolute atomic E-state index is 0.0478. The van der Waals surface area contributed by atoms with Crippen LogP contribution in [0.2, 0.25) is 0 Å². The highest BCUT2D eigenvalue weighted by Crippen LogP contribution is 2.40. The number of nitrogens with one attached hydrogen (secondary N) is 1. The van der Waals surface area contributed by atoms with Gasteiger partial charge in [0.2, 0.25) is 0 Å². The third-order valence-corrected chi connectivity index (χ3v) is 6.19. The SMILES string of the molecule is C/C=C/C=C/COC(=O)C1=C(C)NC(C)=C(C(=O)OC2CCCCC2)C1c1cccc([N+](=O)[O-])c1. The maximum Gasteiger partial charge on any atom is 0.337 e. The van der Waals surface area contributed by atoms with Crippen LogP contribution in [-0.2, 0) is 19.1 Å². The molecular formula is C27H32N2O6. The lowest BCUT2D eigenvalue weighted by Gasteiger charge is -2.31. The van der Waals surface area contributed by atoms with Crippen molar-refractivity contribution >= 4 is 17.6 Å². The summed E-state index contributed by atoms with van der Waals surface area (Å²) in [6.45, 7) is 5.40. The fraction of sp³-hybridized carbons (Fsp3) is 0.407. The lowest BCUT2D eigenvalue weighted by Crippen LogP contribution is -2.34. The Hall–Kier alpha value is -3.68. The molecule has 1 aliphatic carbocycles. The molecule has 3 rings (SSSR count). The normalized spacial score (nSPS) is 19.2. The summed E-state index contributed by atoms with van der Waals surface area (Å²) in [7, 11) is 0. The summed E-state index contributed by atoms with van der Waals surface area (Å²) < 4.78 is 11.3. The molecule has 186 valence electrons. The smallest absolute Gasteiger partial charge is 0.337 e. The van der Waals surface area contributed by atoms with E-state index in [-0.39, 0.29) is 29.5 Å². The zero-order chi connectivity index (χ0) is 25.4. The van der Waals surface area contributed by atoms with Gasteiger partial charge in [0.15, 0.2) is 0 Å². The van der Waals surface area contributed by atoms with E-state index in [1.807, 2.05) is 19.1 Å². The molecule has 0 spiro atoms. The summed E-state index contributed by atoms with van der Waals surface area (Å²) in [5.41, 5.74) is 1.88. The zero-order valence-electron chi connectivity index (χ0n) is 20.4. The summed E-state index contributed by atoms with van der Waals surface area (Å²) in [4.78, 5) is 37.6. The molecule has 1 aliphatic heterocycles. The molecule has 0 amide bonds. The summed E-state index contributed by atoms with van der Waals surface area (Å²) in [6, 6.07) is 6.00. The molecule has 1 aromatic carbocycles. The lowest BCUT2D eigenvalue weighted by molar-refractivity contribution is -0.384. The molecule has 1 saturated carbocycles. The van der Waals surface area contributed by atoms with Crippen molar-refractivity contribution in [1.29, 1.82) is 0 Å². The van der Waals surface area contributed by atoms with Gasteiger partial charge in [0.1, 0.15) is 12.7 Å². The Labute approximate surface area is 205 Å². The number of dihydropyridines is 1. The molecule has 35 heavy (non-hydrogen) atoms. The molecule has 8 heteroatoms. The van der Waals surface area contributed by atoms with Gasteiger partial charge in [0.05, 0.1) is 22.0 Å². The van der Waals surface area contributed by atoms with Crippen molar-refractivity contribution in [3.8, 4) is 0 Å². The summed E-state index contributed by atoms with van der Waals surface area (Å²) in [5, 5.41) is 14.6. The van der Waals surface area contributed by atoms with Crippen LogP contribution in [0.3, 0.4) is 0 Å². The van der Waals surface area contributed by atoms with E-state index in [4.69, 9.17) is 9.47 Å². The van der Waals surface area contributed by atoms with Gasteiger partial charge in [-0.25, -0.2) is 9.59 Å². The molecule has 0 radical (unpaired) electrons. The first-order valence-corrected chi connectivity index (χ1v) is 11.9. The van der Waals surface area contributed by atoms with E-state index in [9.17, 15) is 19.7 Å². The van der Waals surface area contributed by atoms with E-state index in [1.54, 1.807) is 38.1 Å². The number of nitrogens with zero attached hydrogens (tertiary/aromatic N) is 1. The Morgan fingerprint density at radius 2 is 1.77 bits per heavy atom. The van der Waals surface area contributed by atoms with E-state index in [2.05, 4.69) is 5.32 Å². The van der Waals surface area contributed by atoms with Crippen molar-refractivity contribution in [2.45, 2.75) is 64.9 Å². The number of ether oxygens (including phenoxy) is 2. The number of nitro groups is 1. The van der Waals surface area contributed by atoms with Crippen LogP contribution in [0.5, 0.6) is 0 Å². The predicted molar refractivity (Wildman–Crippen MR) is 132 cm³/mol. The Morgan fingerprint density at radius 3 is 2.43 bits per heavy atom. The second kappa shape index (κ2) is 12.1. The maximum atomic E-state index is 13.4. The average Bonchev–Trinajstić information content (AvgIpc) is 2.83. The first-order chi connectivity index (χ1) is 16.8. The Bertz CT molecular complexity index is 1090. The molecule has 1 unspecified atom stereocenters. The number of allylic oxidation sites excluding steroid dienone is 5. The summed E-state index contributed by atoms with van der Waals surface area (Å²) >= 11 is 0. The number of esters is 2. The highest BCUT2D eigenvalue weighted by Gasteiger charge is 2.39. The summed E-state index contributed by atoms with van der Waals surface area (Å²) in [6.07, 6.45) is 11.7. The Morgan fingerprint density at radius 1 is 1.09 bits per heavy atom. The van der Waals surface area contributed by atoms with E-state index < -0.39 is 22.8 Å². The van der Waals surface area contributed by atoms with Gasteiger partial charge in [-0.05, 0) is 58.1 Å². The van der Waals surface area contributed by atoms with E-state index in [0.29, 0.717) is 17.0 Å². The quantitative estimate of drug-likeness (QED) is 0.230. The van der Waals surface area contributed by atoms with Crippen molar-refractivity contribution in [3.05, 3.63) is 86.8 Å². The molecular weight excluding hydrogens is 448 g/mol. The fourth-order valence-corrected chi connectivity index (χ4v) is 4.53. The van der Waals surface area contributed by atoms with Crippen LogP contribution in [-0.4, -0.2) is 29.6 Å². The molecule has 1 heterocycles. The van der Waals surface area contributed by atoms with Crippen LogP contribution >= 0.6 is 0 Å². The van der Waals surface area contributed by atoms with Crippen molar-refractivity contribution < 1.29 is 24.0 Å². The second-order valence-electron chi connectivity index (χ2n) is 8.71. The van der Waals surface area contributed by atoms with Gasteiger partial charge in [-0.3, -0.25) is 10.1 Å². The molecule has 2 aliphatic rings. The van der Waals surface area contributed by atoms with Crippen LogP contribution in [0.4, 0.5) is 5.69 Å². The van der Waals surface area contributed by atoms with Crippen molar-refractivity contribution in [2.75, 3.05) is 6.61 Å². The Balaban J connectivity index is 2.00. The van der Waals surface area contributed by atoms with Gasteiger partial charge < -0.3 is 14.8 Å². The maximum absolute atomic E-state index is 13.4. The van der Waals surface area contributed by atoms with Crippen LogP contribution in [0.1, 0.15) is 64.4 Å². The number of benzene rings is 1. The second-order valence-corrected chi connectivity index (χ2v) is 8.71. The minimum atomic E-state index is -0.862. The first-order valence-electron chi connectivity index (χ1n) is 11.9. The van der Waals surface area contributed by atoms with Gasteiger partial charge in [0.25, 0.3) is 5.69 Å². The molecule has 1 N–H and O–H groups in total. The minimum Gasteiger partial charge on any atom is -0.459 e. The number of carbonyl (C=O) groups is 2. The topological polar surface area (TPSA) is 108 Å². The van der Waals surface area contributed by atoms with Gasteiger partial charge in [-0.15, -0.1) is 0 Å². The molecule has 1 fully saturated rings. The van der Waals surface area contributed by atoms with Gasteiger partial charge in [0, 0.05) is 23.5 Å². The zero-order valence-corrected chi connectivity index (χ0v) is 20.4. The highest BCUT2D eigenvalue weighted by molar-refractivity contribution is 6.00. The van der Waals surface area contributed by atoms with E-state index in [1.165, 1.54) is 12.1 Å². The third kappa shape index (κ3) is 6.47. The number of hydrogen-bond acceptors (Lipinski definition) is 7. The van der Waals surface area contributed by atoms with Gasteiger partial charge >= 0.3 is 11.9 Å². The van der Waals surface area contributed by atoms with E-state index >= 15 is 0 Å². The number of carbonyl (C=O) groups excluding carboxylic acids is 2. The predicted octanol–water partition coefficient (Wildman–Crippen LogP) is 5.38. The molecule has 1 aromatic rings. The Kier molecular flexibility index (Phi) is 9.00. The molecule has 0 aromatic heterocycles. The number of hydrogen-bond donors (Lipinski definition) is 1. The van der Waals surface area contributed by atoms with Crippen LogP contribution < -0.4 is 5.32 Å². The van der Waals surface area contributed by atoms with Crippen molar-refractivity contribution in [2.24, 2.45) is 0 Å². The fourth-order valence-electron chi connectivity index (χ4n) is 4.53. The molecule has 8 nitrogen and oxygen atoms in total. The summed E-state index contributed by atoms with van der Waals surface area (Å²) in [5.74, 6) is -1.99. The third-order valence-electron chi connectivity index (χ3n) is 6.19. The average molecular weight is 481 g/mol. The van der Waals surface area contributed by atoms with E-state index in [0.717, 1.165) is 32.1 Å². The van der Waals surface area contributed by atoms with Crippen LogP contribution in [0.25, 0.3) is 0 Å². The largest absolute Gasteiger partial charge is 0.459 e. The lowest BCUT2D eigenvalue weighted by atomic mass is 9.80. The first kappa shape index (κ1) is 25.9. The molecule has 1 atom stereocenters.